The molecule has 2 rings (SSSR count). The summed E-state index contributed by atoms with van der Waals surface area (Å²) in [6.45, 7) is 2.16. The van der Waals surface area contributed by atoms with Crippen molar-refractivity contribution in [3.8, 4) is 0 Å². The highest BCUT2D eigenvalue weighted by molar-refractivity contribution is 5.86. The number of benzene rings is 1. The molecule has 1 aromatic carbocycles. The van der Waals surface area contributed by atoms with Gasteiger partial charge in [-0.3, -0.25) is 4.79 Å². The van der Waals surface area contributed by atoms with Gasteiger partial charge in [-0.25, -0.2) is 0 Å². The fourth-order valence-electron chi connectivity index (χ4n) is 2.85. The predicted octanol–water partition coefficient (Wildman–Crippen LogP) is 1.81. The largest absolute Gasteiger partial charge is 0.387 e. The molecule has 110 valence electrons. The third-order valence-corrected chi connectivity index (χ3v) is 4.20. The van der Waals surface area contributed by atoms with E-state index in [9.17, 15) is 9.90 Å². The summed E-state index contributed by atoms with van der Waals surface area (Å²) in [5, 5.41) is 13.0. The van der Waals surface area contributed by atoms with E-state index >= 15 is 0 Å². The number of rotatable bonds is 4. The number of nitrogens with two attached hydrogens (primary N) is 1. The van der Waals surface area contributed by atoms with Crippen LogP contribution in [0.5, 0.6) is 0 Å². The molecular formula is C16H24N2O2. The maximum Gasteiger partial charge on any atom is 0.240 e. The van der Waals surface area contributed by atoms with Crippen LogP contribution in [0.4, 0.5) is 0 Å². The van der Waals surface area contributed by atoms with Crippen LogP contribution >= 0.6 is 0 Å². The number of nitrogens with one attached hydrogen (secondary N) is 1. The fourth-order valence-corrected chi connectivity index (χ4v) is 2.85. The number of carbonyl (C=O) groups is 1. The molecular weight excluding hydrogens is 252 g/mol. The Morgan fingerprint density at radius 1 is 1.35 bits per heavy atom. The second kappa shape index (κ2) is 6.37. The lowest BCUT2D eigenvalue weighted by Crippen LogP contribution is -2.55. The second-order valence-corrected chi connectivity index (χ2v) is 5.80. The van der Waals surface area contributed by atoms with Gasteiger partial charge in [0.15, 0.2) is 0 Å². The van der Waals surface area contributed by atoms with Crippen LogP contribution in [0.2, 0.25) is 0 Å². The van der Waals surface area contributed by atoms with Crippen molar-refractivity contribution in [3.63, 3.8) is 0 Å². The highest BCUT2D eigenvalue weighted by atomic mass is 16.3. The number of aryl methyl sites for hydroxylation is 1. The number of hydrogen-bond acceptors (Lipinski definition) is 3. The zero-order valence-electron chi connectivity index (χ0n) is 12.1. The zero-order valence-corrected chi connectivity index (χ0v) is 12.1. The Labute approximate surface area is 120 Å². The highest BCUT2D eigenvalue weighted by Gasteiger charge is 2.35. The molecule has 1 unspecified atom stereocenters. The molecule has 1 aromatic rings. The topological polar surface area (TPSA) is 75.3 Å². The van der Waals surface area contributed by atoms with Crippen LogP contribution in [-0.2, 0) is 4.79 Å². The van der Waals surface area contributed by atoms with Gasteiger partial charge in [-0.15, -0.1) is 0 Å². The molecule has 1 saturated carbocycles. The fraction of sp³-hybridized carbons (Fsp3) is 0.562. The Kier molecular flexibility index (Phi) is 4.78. The molecule has 1 aliphatic carbocycles. The molecule has 1 atom stereocenters. The number of hydrogen-bond donors (Lipinski definition) is 3. The van der Waals surface area contributed by atoms with Crippen LogP contribution in [0.25, 0.3) is 0 Å². The summed E-state index contributed by atoms with van der Waals surface area (Å²) in [6.07, 6.45) is 3.94. The van der Waals surface area contributed by atoms with E-state index in [1.807, 2.05) is 31.2 Å². The van der Waals surface area contributed by atoms with E-state index in [1.54, 1.807) is 0 Å². The normalized spacial score (nSPS) is 19.4. The molecule has 4 nitrogen and oxygen atoms in total. The monoisotopic (exact) mass is 276 g/mol. The van der Waals surface area contributed by atoms with E-state index in [0.717, 1.165) is 43.2 Å². The maximum absolute atomic E-state index is 12.2. The first kappa shape index (κ1) is 15.0. The standard InChI is InChI=1S/C16H24N2O2/c1-12-7-3-4-8-13(12)14(19)11-18-15(20)16(17)9-5-2-6-10-16/h3-4,7-8,14,19H,2,5-6,9-11,17H2,1H3,(H,18,20). The number of amides is 1. The van der Waals surface area contributed by atoms with Crippen LogP contribution in [0.15, 0.2) is 24.3 Å². The SMILES string of the molecule is Cc1ccccc1C(O)CNC(=O)C1(N)CCCCC1. The molecule has 1 fully saturated rings. The van der Waals surface area contributed by atoms with Crippen LogP contribution in [-0.4, -0.2) is 23.1 Å². The molecule has 0 aromatic heterocycles. The third kappa shape index (κ3) is 3.38. The summed E-state index contributed by atoms with van der Waals surface area (Å²) in [7, 11) is 0. The minimum absolute atomic E-state index is 0.134. The summed E-state index contributed by atoms with van der Waals surface area (Å²) < 4.78 is 0. The molecule has 0 bridgehead atoms. The quantitative estimate of drug-likeness (QED) is 0.785. The van der Waals surface area contributed by atoms with Gasteiger partial charge >= 0.3 is 0 Å². The van der Waals surface area contributed by atoms with Gasteiger partial charge in [0.05, 0.1) is 11.6 Å². The van der Waals surface area contributed by atoms with Crippen LogP contribution in [0.3, 0.4) is 0 Å². The van der Waals surface area contributed by atoms with Crippen molar-refractivity contribution in [1.29, 1.82) is 0 Å². The molecule has 4 heteroatoms. The Hall–Kier alpha value is -1.39. The van der Waals surface area contributed by atoms with Crippen molar-refractivity contribution >= 4 is 5.91 Å². The lowest BCUT2D eigenvalue weighted by atomic mass is 9.82. The highest BCUT2D eigenvalue weighted by Crippen LogP contribution is 2.26. The molecule has 1 amide bonds. The van der Waals surface area contributed by atoms with Crippen molar-refractivity contribution in [2.24, 2.45) is 5.73 Å². The average Bonchev–Trinajstić information content (AvgIpc) is 2.45. The Balaban J connectivity index is 1.91. The molecule has 0 heterocycles. The van der Waals surface area contributed by atoms with Crippen LogP contribution in [0, 0.1) is 6.92 Å². The lowest BCUT2D eigenvalue weighted by molar-refractivity contribution is -0.128. The van der Waals surface area contributed by atoms with Gasteiger partial charge in [0, 0.05) is 6.54 Å². The van der Waals surface area contributed by atoms with Gasteiger partial charge in [0.1, 0.15) is 0 Å². The van der Waals surface area contributed by atoms with E-state index in [2.05, 4.69) is 5.32 Å². The van der Waals surface area contributed by atoms with Gasteiger partial charge in [0.25, 0.3) is 0 Å². The minimum Gasteiger partial charge on any atom is -0.387 e. The average molecular weight is 276 g/mol. The predicted molar refractivity (Wildman–Crippen MR) is 79.2 cm³/mol. The summed E-state index contributed by atoms with van der Waals surface area (Å²) in [5.74, 6) is -0.134. The summed E-state index contributed by atoms with van der Waals surface area (Å²) >= 11 is 0. The molecule has 4 N–H and O–H groups in total. The number of carbonyl (C=O) groups excluding carboxylic acids is 1. The summed E-state index contributed by atoms with van der Waals surface area (Å²) in [5.41, 5.74) is 7.29. The number of aliphatic hydroxyl groups excluding tert-OH is 1. The van der Waals surface area contributed by atoms with Crippen molar-refractivity contribution in [3.05, 3.63) is 35.4 Å². The molecule has 0 spiro atoms. The van der Waals surface area contributed by atoms with Crippen molar-refractivity contribution in [1.82, 2.24) is 5.32 Å². The van der Waals surface area contributed by atoms with Crippen molar-refractivity contribution in [2.45, 2.75) is 50.7 Å². The summed E-state index contributed by atoms with van der Waals surface area (Å²) in [6, 6.07) is 7.65. The minimum atomic E-state index is -0.746. The van der Waals surface area contributed by atoms with Gasteiger partial charge in [-0.05, 0) is 30.9 Å². The lowest BCUT2D eigenvalue weighted by Gasteiger charge is -2.32. The third-order valence-electron chi connectivity index (χ3n) is 4.20. The maximum atomic E-state index is 12.2. The van der Waals surface area contributed by atoms with E-state index in [1.165, 1.54) is 0 Å². The van der Waals surface area contributed by atoms with E-state index in [-0.39, 0.29) is 12.5 Å². The van der Waals surface area contributed by atoms with E-state index in [4.69, 9.17) is 5.73 Å². The second-order valence-electron chi connectivity index (χ2n) is 5.80. The molecule has 20 heavy (non-hydrogen) atoms. The van der Waals surface area contributed by atoms with E-state index < -0.39 is 11.6 Å². The van der Waals surface area contributed by atoms with Gasteiger partial charge in [-0.1, -0.05) is 43.5 Å². The first-order chi connectivity index (χ1) is 9.53. The van der Waals surface area contributed by atoms with Crippen molar-refractivity contribution < 1.29 is 9.90 Å². The first-order valence-electron chi connectivity index (χ1n) is 7.34. The van der Waals surface area contributed by atoms with Gasteiger partial charge in [0.2, 0.25) is 5.91 Å². The molecule has 0 aliphatic heterocycles. The Bertz CT molecular complexity index is 467. The van der Waals surface area contributed by atoms with Crippen LogP contribution in [0.1, 0.15) is 49.3 Å². The van der Waals surface area contributed by atoms with Gasteiger partial charge < -0.3 is 16.2 Å². The Morgan fingerprint density at radius 2 is 2.00 bits per heavy atom. The van der Waals surface area contributed by atoms with Gasteiger partial charge in [-0.2, -0.15) is 0 Å². The first-order valence-corrected chi connectivity index (χ1v) is 7.34. The molecule has 1 aliphatic rings. The number of aliphatic hydroxyl groups is 1. The molecule has 0 saturated heterocycles. The zero-order chi connectivity index (χ0) is 14.6. The smallest absolute Gasteiger partial charge is 0.240 e. The van der Waals surface area contributed by atoms with E-state index in [0.29, 0.717) is 0 Å². The Morgan fingerprint density at radius 3 is 2.65 bits per heavy atom. The molecule has 0 radical (unpaired) electrons. The van der Waals surface area contributed by atoms with Crippen molar-refractivity contribution in [2.75, 3.05) is 6.54 Å². The summed E-state index contributed by atoms with van der Waals surface area (Å²) in [4.78, 5) is 12.2. The van der Waals surface area contributed by atoms with Crippen LogP contribution < -0.4 is 11.1 Å².